The summed E-state index contributed by atoms with van der Waals surface area (Å²) in [5.41, 5.74) is 0.366. The molecule has 0 bridgehead atoms. The van der Waals surface area contributed by atoms with E-state index in [1.807, 2.05) is 11.5 Å². The van der Waals surface area contributed by atoms with Gasteiger partial charge >= 0.3 is 0 Å². The van der Waals surface area contributed by atoms with Gasteiger partial charge in [0, 0.05) is 26.3 Å². The molecule has 0 saturated heterocycles. The number of rotatable bonds is 4. The van der Waals surface area contributed by atoms with E-state index in [1.54, 1.807) is 14.1 Å². The molecule has 110 valence electrons. The van der Waals surface area contributed by atoms with Crippen molar-refractivity contribution < 1.29 is 9.18 Å². The van der Waals surface area contributed by atoms with Crippen LogP contribution in [0, 0.1) is 6.92 Å². The summed E-state index contributed by atoms with van der Waals surface area (Å²) < 4.78 is 15.8. The minimum absolute atomic E-state index is 0.275. The molecule has 1 aliphatic carbocycles. The first-order chi connectivity index (χ1) is 9.50. The molecular weight excluding hydrogens is 257 g/mol. The molecule has 0 unspecified atom stereocenters. The number of carbonyl (C=O) groups is 1. The second kappa shape index (κ2) is 6.20. The van der Waals surface area contributed by atoms with Gasteiger partial charge in [-0.25, -0.2) is 9.37 Å². The summed E-state index contributed by atoms with van der Waals surface area (Å²) in [6.45, 7) is 1.87. The van der Waals surface area contributed by atoms with Crippen molar-refractivity contribution in [2.24, 2.45) is 0 Å². The van der Waals surface area contributed by atoms with Gasteiger partial charge in [-0.2, -0.15) is 0 Å². The molecule has 1 fully saturated rings. The number of Topliss-reactive ketones (excluding diaryl/α,β-unsaturated/α-hetero) is 1. The van der Waals surface area contributed by atoms with Crippen molar-refractivity contribution in [2.45, 2.75) is 45.1 Å². The lowest BCUT2D eigenvalue weighted by atomic mass is 9.95. The molecule has 0 aromatic carbocycles. The van der Waals surface area contributed by atoms with E-state index in [0.717, 1.165) is 31.5 Å². The van der Waals surface area contributed by atoms with E-state index < -0.39 is 11.6 Å². The van der Waals surface area contributed by atoms with E-state index in [1.165, 1.54) is 23.7 Å². The molecule has 0 N–H and O–H groups in total. The maximum absolute atomic E-state index is 13.9. The Labute approximate surface area is 119 Å². The van der Waals surface area contributed by atoms with Gasteiger partial charge in [0.25, 0.3) is 0 Å². The van der Waals surface area contributed by atoms with Gasteiger partial charge in [0.05, 0.1) is 6.20 Å². The molecular formula is C15H22FN3O. The minimum atomic E-state index is -0.744. The van der Waals surface area contributed by atoms with E-state index >= 15 is 0 Å². The van der Waals surface area contributed by atoms with E-state index in [-0.39, 0.29) is 6.04 Å². The molecule has 0 amide bonds. The lowest BCUT2D eigenvalue weighted by molar-refractivity contribution is 0.0989. The maximum Gasteiger partial charge on any atom is 0.240 e. The number of carbonyl (C=O) groups excluding carboxylic acids is 1. The summed E-state index contributed by atoms with van der Waals surface area (Å²) in [6, 6.07) is 0.275. The Morgan fingerprint density at radius 3 is 2.65 bits per heavy atom. The summed E-state index contributed by atoms with van der Waals surface area (Å²) in [5.74, 6) is -0.533. The average molecular weight is 279 g/mol. The lowest BCUT2D eigenvalue weighted by Crippen LogP contribution is -2.19. The Balaban J connectivity index is 2.30. The summed E-state index contributed by atoms with van der Waals surface area (Å²) in [5, 5.41) is 0. The molecule has 5 heteroatoms. The van der Waals surface area contributed by atoms with Crippen LogP contribution in [-0.2, 0) is 0 Å². The zero-order chi connectivity index (χ0) is 14.7. The molecule has 0 atom stereocenters. The fraction of sp³-hybridized carbons (Fsp3) is 0.600. The molecule has 0 spiro atoms. The van der Waals surface area contributed by atoms with Gasteiger partial charge in [-0.1, -0.05) is 19.3 Å². The van der Waals surface area contributed by atoms with Crippen LogP contribution in [0.4, 0.5) is 4.39 Å². The molecule has 1 saturated carbocycles. The van der Waals surface area contributed by atoms with Crippen molar-refractivity contribution >= 4 is 5.78 Å². The van der Waals surface area contributed by atoms with E-state index in [9.17, 15) is 9.18 Å². The van der Waals surface area contributed by atoms with E-state index in [0.29, 0.717) is 5.69 Å². The van der Waals surface area contributed by atoms with Gasteiger partial charge in [0.15, 0.2) is 5.83 Å². The number of hydrogen-bond donors (Lipinski definition) is 0. The van der Waals surface area contributed by atoms with E-state index in [2.05, 4.69) is 4.98 Å². The highest BCUT2D eigenvalue weighted by atomic mass is 19.1. The molecule has 1 aromatic rings. The second-order valence-corrected chi connectivity index (χ2v) is 5.62. The Kier molecular flexibility index (Phi) is 4.57. The van der Waals surface area contributed by atoms with Crippen molar-refractivity contribution in [2.75, 3.05) is 14.1 Å². The molecule has 1 aliphatic rings. The van der Waals surface area contributed by atoms with Crippen LogP contribution in [0.25, 0.3) is 0 Å². The quantitative estimate of drug-likeness (QED) is 0.627. The zero-order valence-corrected chi connectivity index (χ0v) is 12.4. The van der Waals surface area contributed by atoms with Crippen LogP contribution < -0.4 is 0 Å². The number of ketones is 1. The number of allylic oxidation sites excluding steroid dienone is 1. The molecule has 1 heterocycles. The fourth-order valence-electron chi connectivity index (χ4n) is 2.83. The maximum atomic E-state index is 13.9. The molecule has 2 rings (SSSR count). The highest BCUT2D eigenvalue weighted by Crippen LogP contribution is 2.31. The molecule has 20 heavy (non-hydrogen) atoms. The van der Waals surface area contributed by atoms with Crippen LogP contribution in [0.1, 0.15) is 54.5 Å². The molecule has 0 aliphatic heterocycles. The number of hydrogen-bond acceptors (Lipinski definition) is 3. The van der Waals surface area contributed by atoms with Gasteiger partial charge in [-0.3, -0.25) is 4.79 Å². The molecule has 0 radical (unpaired) electrons. The third-order valence-electron chi connectivity index (χ3n) is 3.74. The van der Waals surface area contributed by atoms with Crippen LogP contribution in [-0.4, -0.2) is 34.3 Å². The number of imidazole rings is 1. The summed E-state index contributed by atoms with van der Waals surface area (Å²) in [6.07, 6.45) is 8.33. The van der Waals surface area contributed by atoms with Crippen molar-refractivity contribution in [3.63, 3.8) is 0 Å². The van der Waals surface area contributed by atoms with Crippen molar-refractivity contribution in [1.82, 2.24) is 14.5 Å². The van der Waals surface area contributed by atoms with Gasteiger partial charge in [0.2, 0.25) is 5.78 Å². The average Bonchev–Trinajstić information content (AvgIpc) is 2.80. The van der Waals surface area contributed by atoms with Crippen LogP contribution in [0.3, 0.4) is 0 Å². The van der Waals surface area contributed by atoms with Crippen molar-refractivity contribution in [3.05, 3.63) is 29.7 Å². The summed E-state index contributed by atoms with van der Waals surface area (Å²) in [4.78, 5) is 18.0. The standard InChI is InChI=1S/C15H22FN3O/c1-11-17-9-14(15(20)13(16)10-18(2)3)19(11)12-7-5-4-6-8-12/h9-10,12H,4-8H2,1-3H3. The van der Waals surface area contributed by atoms with Crippen LogP contribution >= 0.6 is 0 Å². The lowest BCUT2D eigenvalue weighted by Gasteiger charge is -2.25. The third-order valence-corrected chi connectivity index (χ3v) is 3.74. The smallest absolute Gasteiger partial charge is 0.240 e. The van der Waals surface area contributed by atoms with Gasteiger partial charge in [0.1, 0.15) is 11.5 Å². The number of halogens is 1. The SMILES string of the molecule is Cc1ncc(C(=O)C(F)=CN(C)C)n1C1CCCCC1. The Morgan fingerprint density at radius 2 is 2.05 bits per heavy atom. The monoisotopic (exact) mass is 279 g/mol. The summed E-state index contributed by atoms with van der Waals surface area (Å²) in [7, 11) is 3.38. The fourth-order valence-corrected chi connectivity index (χ4v) is 2.83. The van der Waals surface area contributed by atoms with Gasteiger partial charge < -0.3 is 9.47 Å². The van der Waals surface area contributed by atoms with Crippen LogP contribution in [0.2, 0.25) is 0 Å². The Bertz CT molecular complexity index is 513. The third kappa shape index (κ3) is 3.08. The topological polar surface area (TPSA) is 38.1 Å². The molecule has 4 nitrogen and oxygen atoms in total. The van der Waals surface area contributed by atoms with E-state index in [4.69, 9.17) is 0 Å². The largest absolute Gasteiger partial charge is 0.381 e. The predicted molar refractivity (Wildman–Crippen MR) is 76.3 cm³/mol. The highest BCUT2D eigenvalue weighted by Gasteiger charge is 2.25. The normalized spacial score (nSPS) is 17.3. The first-order valence-corrected chi connectivity index (χ1v) is 7.13. The molecule has 1 aromatic heterocycles. The first-order valence-electron chi connectivity index (χ1n) is 7.13. The zero-order valence-electron chi connectivity index (χ0n) is 12.4. The number of aryl methyl sites for hydroxylation is 1. The minimum Gasteiger partial charge on any atom is -0.381 e. The summed E-state index contributed by atoms with van der Waals surface area (Å²) >= 11 is 0. The first kappa shape index (κ1) is 14.8. The number of aromatic nitrogens is 2. The highest BCUT2D eigenvalue weighted by molar-refractivity contribution is 6.05. The van der Waals surface area contributed by atoms with Crippen LogP contribution in [0.5, 0.6) is 0 Å². The van der Waals surface area contributed by atoms with Gasteiger partial charge in [-0.05, 0) is 19.8 Å². The Morgan fingerprint density at radius 1 is 1.40 bits per heavy atom. The van der Waals surface area contributed by atoms with Crippen molar-refractivity contribution in [3.8, 4) is 0 Å². The predicted octanol–water partition coefficient (Wildman–Crippen LogP) is 3.25. The second-order valence-electron chi connectivity index (χ2n) is 5.62. The number of nitrogens with zero attached hydrogens (tertiary/aromatic N) is 3. The van der Waals surface area contributed by atoms with Gasteiger partial charge in [-0.15, -0.1) is 0 Å². The van der Waals surface area contributed by atoms with Crippen molar-refractivity contribution in [1.29, 1.82) is 0 Å². The van der Waals surface area contributed by atoms with Crippen LogP contribution in [0.15, 0.2) is 18.2 Å². The Hall–Kier alpha value is -1.65.